The molecule has 0 unspecified atom stereocenters. The Morgan fingerprint density at radius 2 is 2.15 bits per heavy atom. The quantitative estimate of drug-likeness (QED) is 0.635. The minimum absolute atomic E-state index is 0.0703. The summed E-state index contributed by atoms with van der Waals surface area (Å²) in [5.41, 5.74) is 0.0703. The smallest absolute Gasteiger partial charge is 0.317 e. The maximum Gasteiger partial charge on any atom is 0.317 e. The number of carbonyl (C=O) groups excluding carboxylic acids is 1. The molecule has 0 aromatic rings. The molecule has 0 aromatic heterocycles. The Bertz CT molecular complexity index is 238. The van der Waals surface area contributed by atoms with Gasteiger partial charge in [0.05, 0.1) is 19.7 Å². The van der Waals surface area contributed by atoms with Gasteiger partial charge in [0, 0.05) is 12.5 Å². The molecular weight excluding hydrogens is 168 g/mol. The molecule has 4 heteroatoms. The number of rotatable bonds is 1. The monoisotopic (exact) mass is 182 g/mol. The van der Waals surface area contributed by atoms with E-state index in [1.165, 1.54) is 0 Å². The van der Waals surface area contributed by atoms with Gasteiger partial charge in [0.2, 0.25) is 0 Å². The molecule has 0 aromatic carbocycles. The molecule has 13 heavy (non-hydrogen) atoms. The van der Waals surface area contributed by atoms with Gasteiger partial charge in [-0.1, -0.05) is 0 Å². The molecule has 3 rings (SSSR count). The number of nitrogens with zero attached hydrogens (tertiary/aromatic N) is 1. The van der Waals surface area contributed by atoms with Crippen LogP contribution < -0.4 is 5.32 Å². The summed E-state index contributed by atoms with van der Waals surface area (Å²) in [6.07, 6.45) is 3.43. The summed E-state index contributed by atoms with van der Waals surface area (Å²) in [6, 6.07) is 0.565. The topological polar surface area (TPSA) is 41.6 Å². The summed E-state index contributed by atoms with van der Waals surface area (Å²) >= 11 is 0. The van der Waals surface area contributed by atoms with Gasteiger partial charge in [0.15, 0.2) is 0 Å². The van der Waals surface area contributed by atoms with E-state index in [2.05, 4.69) is 5.32 Å². The number of amides is 2. The van der Waals surface area contributed by atoms with Crippen LogP contribution in [0.15, 0.2) is 0 Å². The average molecular weight is 182 g/mol. The van der Waals surface area contributed by atoms with Crippen molar-refractivity contribution in [2.24, 2.45) is 0 Å². The third-order valence-electron chi connectivity index (χ3n) is 3.12. The molecule has 2 heterocycles. The third-order valence-corrected chi connectivity index (χ3v) is 3.12. The molecule has 0 bridgehead atoms. The number of carbonyl (C=O) groups is 1. The lowest BCUT2D eigenvalue weighted by atomic mass is 9.86. The third kappa shape index (κ3) is 1.20. The van der Waals surface area contributed by atoms with E-state index >= 15 is 0 Å². The van der Waals surface area contributed by atoms with Gasteiger partial charge in [0.25, 0.3) is 0 Å². The fourth-order valence-electron chi connectivity index (χ4n) is 1.93. The molecule has 1 aliphatic carbocycles. The number of hydrogen-bond acceptors (Lipinski definition) is 2. The van der Waals surface area contributed by atoms with Crippen molar-refractivity contribution in [1.82, 2.24) is 10.2 Å². The number of likely N-dealkylation sites (tertiary alicyclic amines) is 1. The van der Waals surface area contributed by atoms with Gasteiger partial charge in [-0.2, -0.15) is 0 Å². The molecule has 0 radical (unpaired) electrons. The molecule has 2 amide bonds. The zero-order chi connectivity index (χ0) is 8.89. The molecule has 1 spiro atoms. The van der Waals surface area contributed by atoms with E-state index in [4.69, 9.17) is 4.74 Å². The second-order valence-corrected chi connectivity index (χ2v) is 4.36. The van der Waals surface area contributed by atoms with Gasteiger partial charge >= 0.3 is 6.03 Å². The summed E-state index contributed by atoms with van der Waals surface area (Å²) in [4.78, 5) is 13.3. The highest BCUT2D eigenvalue weighted by molar-refractivity contribution is 5.76. The Hall–Kier alpha value is -0.770. The molecule has 4 nitrogen and oxygen atoms in total. The summed E-state index contributed by atoms with van der Waals surface area (Å²) in [7, 11) is 0. The fraction of sp³-hybridized carbons (Fsp3) is 0.889. The van der Waals surface area contributed by atoms with Crippen LogP contribution in [-0.4, -0.2) is 42.3 Å². The second-order valence-electron chi connectivity index (χ2n) is 4.36. The first kappa shape index (κ1) is 7.62. The van der Waals surface area contributed by atoms with Crippen molar-refractivity contribution in [3.63, 3.8) is 0 Å². The van der Waals surface area contributed by atoms with Crippen molar-refractivity contribution < 1.29 is 9.53 Å². The Labute approximate surface area is 77.2 Å². The Morgan fingerprint density at radius 3 is 2.62 bits per heavy atom. The maximum absolute atomic E-state index is 11.5. The summed E-state index contributed by atoms with van der Waals surface area (Å²) in [5, 5.41) is 2.97. The zero-order valence-corrected chi connectivity index (χ0v) is 7.58. The van der Waals surface area contributed by atoms with Gasteiger partial charge in [-0.05, 0) is 12.8 Å². The molecule has 2 aliphatic heterocycles. The van der Waals surface area contributed by atoms with Crippen LogP contribution in [-0.2, 0) is 4.74 Å². The lowest BCUT2D eigenvalue weighted by Crippen LogP contribution is -2.70. The normalized spacial score (nSPS) is 29.4. The minimum atomic E-state index is 0.0703. The van der Waals surface area contributed by atoms with Crippen LogP contribution >= 0.6 is 0 Å². The van der Waals surface area contributed by atoms with Gasteiger partial charge in [-0.25, -0.2) is 4.79 Å². The van der Waals surface area contributed by atoms with Crippen molar-refractivity contribution in [1.29, 1.82) is 0 Å². The van der Waals surface area contributed by atoms with E-state index in [-0.39, 0.29) is 11.6 Å². The van der Waals surface area contributed by atoms with Crippen molar-refractivity contribution in [2.75, 3.05) is 19.7 Å². The van der Waals surface area contributed by atoms with Gasteiger partial charge in [-0.3, -0.25) is 0 Å². The number of urea groups is 1. The molecule has 2 saturated heterocycles. The standard InChI is InChI=1S/C9H14N2O2/c12-8(10-7-1-2-7)11-5-9(6-11)3-4-13-9/h7H,1-6H2,(H,10,12). The van der Waals surface area contributed by atoms with Gasteiger partial charge in [-0.15, -0.1) is 0 Å². The van der Waals surface area contributed by atoms with Crippen LogP contribution in [0.3, 0.4) is 0 Å². The summed E-state index contributed by atoms with van der Waals surface area (Å²) in [6.45, 7) is 2.47. The van der Waals surface area contributed by atoms with E-state index in [0.29, 0.717) is 6.04 Å². The fourth-order valence-corrected chi connectivity index (χ4v) is 1.93. The number of ether oxygens (including phenoxy) is 1. The lowest BCUT2D eigenvalue weighted by Gasteiger charge is -2.54. The van der Waals surface area contributed by atoms with Crippen molar-refractivity contribution in [3.8, 4) is 0 Å². The average Bonchev–Trinajstić information content (AvgIpc) is 2.64. The molecule has 3 aliphatic rings. The Balaban J connectivity index is 1.48. The maximum atomic E-state index is 11.5. The highest BCUT2D eigenvalue weighted by atomic mass is 16.5. The molecule has 72 valence electrons. The van der Waals surface area contributed by atoms with E-state index in [9.17, 15) is 4.79 Å². The lowest BCUT2D eigenvalue weighted by molar-refractivity contribution is -0.208. The van der Waals surface area contributed by atoms with Crippen molar-refractivity contribution in [2.45, 2.75) is 30.9 Å². The van der Waals surface area contributed by atoms with E-state index in [1.54, 1.807) is 0 Å². The first-order chi connectivity index (χ1) is 6.27. The zero-order valence-electron chi connectivity index (χ0n) is 7.58. The van der Waals surface area contributed by atoms with Crippen molar-refractivity contribution in [3.05, 3.63) is 0 Å². The highest BCUT2D eigenvalue weighted by Gasteiger charge is 2.51. The molecule has 0 atom stereocenters. The summed E-state index contributed by atoms with van der Waals surface area (Å²) < 4.78 is 5.43. The molecular formula is C9H14N2O2. The predicted molar refractivity (Wildman–Crippen MR) is 46.4 cm³/mol. The number of nitrogens with one attached hydrogen (secondary N) is 1. The molecule has 1 saturated carbocycles. The Kier molecular flexibility index (Phi) is 1.39. The van der Waals surface area contributed by atoms with Crippen LogP contribution in [0.25, 0.3) is 0 Å². The first-order valence-corrected chi connectivity index (χ1v) is 4.97. The molecule has 1 N–H and O–H groups in total. The SMILES string of the molecule is O=C(NC1CC1)N1CC2(CCO2)C1. The largest absolute Gasteiger partial charge is 0.371 e. The van der Waals surface area contributed by atoms with Gasteiger partial charge < -0.3 is 15.0 Å². The minimum Gasteiger partial charge on any atom is -0.371 e. The Morgan fingerprint density at radius 1 is 1.46 bits per heavy atom. The van der Waals surface area contributed by atoms with Crippen LogP contribution in [0.4, 0.5) is 4.79 Å². The predicted octanol–water partition coefficient (Wildman–Crippen LogP) is 0.333. The highest BCUT2D eigenvalue weighted by Crippen LogP contribution is 2.36. The van der Waals surface area contributed by atoms with Crippen LogP contribution in [0.5, 0.6) is 0 Å². The molecule has 3 fully saturated rings. The second kappa shape index (κ2) is 2.38. The van der Waals surface area contributed by atoms with E-state index in [0.717, 1.165) is 39.0 Å². The first-order valence-electron chi connectivity index (χ1n) is 4.97. The van der Waals surface area contributed by atoms with Crippen LogP contribution in [0.2, 0.25) is 0 Å². The van der Waals surface area contributed by atoms with Crippen LogP contribution in [0.1, 0.15) is 19.3 Å². The number of hydrogen-bond donors (Lipinski definition) is 1. The van der Waals surface area contributed by atoms with Gasteiger partial charge in [0.1, 0.15) is 5.60 Å². The van der Waals surface area contributed by atoms with Crippen molar-refractivity contribution >= 4 is 6.03 Å². The van der Waals surface area contributed by atoms with E-state index in [1.807, 2.05) is 4.90 Å². The van der Waals surface area contributed by atoms with Crippen LogP contribution in [0, 0.1) is 0 Å². The van der Waals surface area contributed by atoms with E-state index < -0.39 is 0 Å². The summed E-state index contributed by atoms with van der Waals surface area (Å²) in [5.74, 6) is 0.